The van der Waals surface area contributed by atoms with Gasteiger partial charge in [-0.25, -0.2) is 4.79 Å². The molecule has 1 aliphatic heterocycles. The quantitative estimate of drug-likeness (QED) is 0.861. The molecule has 0 spiro atoms. The summed E-state index contributed by atoms with van der Waals surface area (Å²) >= 11 is 0. The summed E-state index contributed by atoms with van der Waals surface area (Å²) in [6.07, 6.45) is 3.62. The van der Waals surface area contributed by atoms with Crippen molar-refractivity contribution in [3.05, 3.63) is 35.9 Å². The number of nitrogens with zero attached hydrogens (tertiary/aromatic N) is 2. The molecule has 1 atom stereocenters. The van der Waals surface area contributed by atoms with Crippen molar-refractivity contribution < 1.29 is 14.3 Å². The molecule has 1 heterocycles. The Hall–Kier alpha value is -2.08. The van der Waals surface area contributed by atoms with E-state index in [2.05, 4.69) is 0 Å². The number of benzene rings is 1. The lowest BCUT2D eigenvalue weighted by Crippen LogP contribution is -2.47. The number of carbonyl (C=O) groups is 2. The molecule has 0 bridgehead atoms. The second-order valence-corrected chi connectivity index (χ2v) is 6.51. The van der Waals surface area contributed by atoms with Crippen molar-refractivity contribution in [1.29, 1.82) is 0 Å². The summed E-state index contributed by atoms with van der Waals surface area (Å²) in [5, 5.41) is 0. The Morgan fingerprint density at radius 3 is 2.62 bits per heavy atom. The first-order valence-electron chi connectivity index (χ1n) is 8.66. The molecule has 6 heteroatoms. The molecule has 0 radical (unpaired) electrons. The third-order valence-electron chi connectivity index (χ3n) is 4.71. The molecule has 1 unspecified atom stereocenters. The molecule has 1 aliphatic carbocycles. The van der Waals surface area contributed by atoms with Gasteiger partial charge in [0.15, 0.2) is 0 Å². The molecule has 6 nitrogen and oxygen atoms in total. The van der Waals surface area contributed by atoms with Gasteiger partial charge in [0.1, 0.15) is 6.61 Å². The van der Waals surface area contributed by atoms with E-state index < -0.39 is 0 Å². The van der Waals surface area contributed by atoms with E-state index in [-0.39, 0.29) is 37.2 Å². The minimum Gasteiger partial charge on any atom is -0.445 e. The summed E-state index contributed by atoms with van der Waals surface area (Å²) in [6, 6.07) is 9.98. The van der Waals surface area contributed by atoms with Crippen LogP contribution in [0.4, 0.5) is 4.79 Å². The van der Waals surface area contributed by atoms with Gasteiger partial charge in [0.2, 0.25) is 5.91 Å². The number of hydrogen-bond acceptors (Lipinski definition) is 4. The van der Waals surface area contributed by atoms with E-state index in [1.807, 2.05) is 35.2 Å². The number of ether oxygens (including phenoxy) is 1. The van der Waals surface area contributed by atoms with E-state index in [0.29, 0.717) is 6.54 Å². The van der Waals surface area contributed by atoms with Crippen molar-refractivity contribution in [3.8, 4) is 0 Å². The van der Waals surface area contributed by atoms with Gasteiger partial charge in [0, 0.05) is 25.2 Å². The van der Waals surface area contributed by atoms with Crippen LogP contribution in [0.2, 0.25) is 0 Å². The van der Waals surface area contributed by atoms with E-state index in [1.54, 1.807) is 4.90 Å². The van der Waals surface area contributed by atoms with Crippen LogP contribution in [0, 0.1) is 0 Å². The zero-order chi connectivity index (χ0) is 16.9. The molecule has 130 valence electrons. The standard InChI is InChI=1S/C18H25N3O3/c19-11-17(22)20-10-4-7-16(20)12-21(15-8-9-15)18(23)24-13-14-5-2-1-3-6-14/h1-3,5-6,15-16H,4,7-13,19H2. The number of hydrogen-bond donors (Lipinski definition) is 1. The van der Waals surface area contributed by atoms with Gasteiger partial charge in [0.05, 0.1) is 6.54 Å². The number of likely N-dealkylation sites (tertiary alicyclic amines) is 1. The molecule has 2 fully saturated rings. The van der Waals surface area contributed by atoms with E-state index in [1.165, 1.54) is 0 Å². The van der Waals surface area contributed by atoms with E-state index in [9.17, 15) is 9.59 Å². The van der Waals surface area contributed by atoms with Crippen molar-refractivity contribution in [2.24, 2.45) is 5.73 Å². The summed E-state index contributed by atoms with van der Waals surface area (Å²) in [7, 11) is 0. The van der Waals surface area contributed by atoms with Crippen molar-refractivity contribution in [2.45, 2.75) is 44.4 Å². The molecule has 1 saturated heterocycles. The maximum absolute atomic E-state index is 12.5. The lowest BCUT2D eigenvalue weighted by molar-refractivity contribution is -0.130. The Kier molecular flexibility index (Phi) is 5.35. The predicted molar refractivity (Wildman–Crippen MR) is 90.1 cm³/mol. The van der Waals surface area contributed by atoms with Gasteiger partial charge in [-0.15, -0.1) is 0 Å². The highest BCUT2D eigenvalue weighted by molar-refractivity contribution is 5.78. The fraction of sp³-hybridized carbons (Fsp3) is 0.556. The maximum atomic E-state index is 12.5. The van der Waals surface area contributed by atoms with Gasteiger partial charge in [-0.05, 0) is 31.2 Å². The van der Waals surface area contributed by atoms with Crippen LogP contribution in [0.15, 0.2) is 30.3 Å². The van der Waals surface area contributed by atoms with Crippen molar-refractivity contribution in [3.63, 3.8) is 0 Å². The second-order valence-electron chi connectivity index (χ2n) is 6.51. The van der Waals surface area contributed by atoms with Crippen LogP contribution in [0.5, 0.6) is 0 Å². The number of rotatable bonds is 6. The van der Waals surface area contributed by atoms with Crippen LogP contribution >= 0.6 is 0 Å². The molecule has 1 aromatic rings. The average Bonchev–Trinajstić information content (AvgIpc) is 3.35. The third-order valence-corrected chi connectivity index (χ3v) is 4.71. The highest BCUT2D eigenvalue weighted by Crippen LogP contribution is 2.30. The molecule has 3 rings (SSSR count). The fourth-order valence-corrected chi connectivity index (χ4v) is 3.26. The SMILES string of the molecule is NCC(=O)N1CCCC1CN(C(=O)OCc1ccccc1)C1CC1. The Morgan fingerprint density at radius 1 is 1.21 bits per heavy atom. The minimum absolute atomic E-state index is 0.0262. The van der Waals surface area contributed by atoms with Crippen LogP contribution in [0.25, 0.3) is 0 Å². The summed E-state index contributed by atoms with van der Waals surface area (Å²) in [4.78, 5) is 28.1. The summed E-state index contributed by atoms with van der Waals surface area (Å²) < 4.78 is 5.48. The zero-order valence-electron chi connectivity index (χ0n) is 13.9. The first-order chi connectivity index (χ1) is 11.7. The van der Waals surface area contributed by atoms with Gasteiger partial charge in [0.25, 0.3) is 0 Å². The normalized spacial score (nSPS) is 20.0. The molecule has 0 aromatic heterocycles. The average molecular weight is 331 g/mol. The van der Waals surface area contributed by atoms with Gasteiger partial charge < -0.3 is 20.3 Å². The second kappa shape index (κ2) is 7.66. The van der Waals surface area contributed by atoms with Gasteiger partial charge >= 0.3 is 6.09 Å². The highest BCUT2D eigenvalue weighted by Gasteiger charge is 2.38. The van der Waals surface area contributed by atoms with Crippen LogP contribution in [0.1, 0.15) is 31.2 Å². The first kappa shape index (κ1) is 16.8. The van der Waals surface area contributed by atoms with Crippen LogP contribution in [-0.4, -0.2) is 53.5 Å². The van der Waals surface area contributed by atoms with Crippen LogP contribution < -0.4 is 5.73 Å². The van der Waals surface area contributed by atoms with Crippen molar-refractivity contribution >= 4 is 12.0 Å². The first-order valence-corrected chi connectivity index (χ1v) is 8.66. The molecule has 24 heavy (non-hydrogen) atoms. The van der Waals surface area contributed by atoms with Gasteiger partial charge in [-0.2, -0.15) is 0 Å². The number of amides is 2. The zero-order valence-corrected chi connectivity index (χ0v) is 13.9. The molecule has 2 aliphatic rings. The van der Waals surface area contributed by atoms with E-state index in [0.717, 1.165) is 37.8 Å². The van der Waals surface area contributed by atoms with Crippen molar-refractivity contribution in [1.82, 2.24) is 9.80 Å². The smallest absolute Gasteiger partial charge is 0.410 e. The van der Waals surface area contributed by atoms with Gasteiger partial charge in [-0.1, -0.05) is 30.3 Å². The topological polar surface area (TPSA) is 75.9 Å². The molecule has 1 saturated carbocycles. The number of nitrogens with two attached hydrogens (primary N) is 1. The van der Waals surface area contributed by atoms with E-state index in [4.69, 9.17) is 10.5 Å². The molecular weight excluding hydrogens is 306 g/mol. The minimum atomic E-state index is -0.284. The molecule has 2 amide bonds. The predicted octanol–water partition coefficient (Wildman–Crippen LogP) is 1.74. The largest absolute Gasteiger partial charge is 0.445 e. The van der Waals surface area contributed by atoms with E-state index >= 15 is 0 Å². The Morgan fingerprint density at radius 2 is 1.96 bits per heavy atom. The fourth-order valence-electron chi connectivity index (χ4n) is 3.26. The lowest BCUT2D eigenvalue weighted by atomic mass is 10.2. The van der Waals surface area contributed by atoms with Crippen LogP contribution in [0.3, 0.4) is 0 Å². The molecule has 1 aromatic carbocycles. The van der Waals surface area contributed by atoms with Crippen molar-refractivity contribution in [2.75, 3.05) is 19.6 Å². The van der Waals surface area contributed by atoms with Crippen LogP contribution in [-0.2, 0) is 16.1 Å². The Balaban J connectivity index is 1.58. The number of carbonyl (C=O) groups excluding carboxylic acids is 2. The summed E-state index contributed by atoms with van der Waals surface area (Å²) in [5.41, 5.74) is 6.47. The van der Waals surface area contributed by atoms with Gasteiger partial charge in [-0.3, -0.25) is 4.79 Å². The summed E-state index contributed by atoms with van der Waals surface area (Å²) in [6.45, 7) is 1.58. The molecular formula is C18H25N3O3. The summed E-state index contributed by atoms with van der Waals surface area (Å²) in [5.74, 6) is -0.0362. The lowest BCUT2D eigenvalue weighted by Gasteiger charge is -2.30. The Bertz CT molecular complexity index is 574. The highest BCUT2D eigenvalue weighted by atomic mass is 16.6. The monoisotopic (exact) mass is 331 g/mol. The Labute approximate surface area is 142 Å². The molecule has 2 N–H and O–H groups in total. The third kappa shape index (κ3) is 4.06. The maximum Gasteiger partial charge on any atom is 0.410 e.